The van der Waals surface area contributed by atoms with E-state index in [9.17, 15) is 5.21 Å². The van der Waals surface area contributed by atoms with Crippen LogP contribution in [0.4, 0.5) is 0 Å². The van der Waals surface area contributed by atoms with Crippen molar-refractivity contribution in [2.24, 2.45) is 0 Å². The summed E-state index contributed by atoms with van der Waals surface area (Å²) in [4.78, 5) is 0. The van der Waals surface area contributed by atoms with Crippen LogP contribution in [0.15, 0.2) is 18.5 Å². The third kappa shape index (κ3) is 2.83. The van der Waals surface area contributed by atoms with E-state index < -0.39 is 0 Å². The summed E-state index contributed by atoms with van der Waals surface area (Å²) in [6.07, 6.45) is 3.21. The average Bonchev–Trinajstić information content (AvgIpc) is 2.02. The Kier molecular flexibility index (Phi) is 2.97. The molecule has 1 rings (SSSR count). The van der Waals surface area contributed by atoms with Gasteiger partial charge in [-0.15, -0.1) is 0 Å². The molecule has 1 heterocycles. The van der Waals surface area contributed by atoms with Crippen LogP contribution in [0.3, 0.4) is 0 Å². The fourth-order valence-electron chi connectivity index (χ4n) is 1.17. The van der Waals surface area contributed by atoms with E-state index in [-0.39, 0.29) is 12.3 Å². The van der Waals surface area contributed by atoms with Crippen LogP contribution in [0.2, 0.25) is 0 Å². The number of hydrogen-bond donors (Lipinski definition) is 2. The monoisotopic (exact) mass is 180 g/mol. The molecule has 0 unspecified atom stereocenters. The highest BCUT2D eigenvalue weighted by Gasteiger charge is 2.03. The summed E-state index contributed by atoms with van der Waals surface area (Å²) in [7, 11) is 0. The number of nitrogens with zero attached hydrogens (tertiary/aromatic N) is 1. The number of hydrogen-bond acceptors (Lipinski definition) is 3. The lowest BCUT2D eigenvalue weighted by atomic mass is 10.1. The van der Waals surface area contributed by atoms with Crippen molar-refractivity contribution < 1.29 is 9.84 Å². The molecule has 0 saturated heterocycles. The molecule has 13 heavy (non-hydrogen) atoms. The quantitative estimate of drug-likeness (QED) is 0.396. The second kappa shape index (κ2) is 4.00. The Hall–Kier alpha value is -1.42. The van der Waals surface area contributed by atoms with Gasteiger partial charge in [0.05, 0.1) is 6.61 Å². The van der Waals surface area contributed by atoms with Crippen LogP contribution in [0.1, 0.15) is 11.1 Å². The molecule has 0 radical (unpaired) electrons. The van der Waals surface area contributed by atoms with Gasteiger partial charge in [-0.3, -0.25) is 0 Å². The predicted molar refractivity (Wildman–Crippen MR) is 48.7 cm³/mol. The van der Waals surface area contributed by atoms with E-state index in [1.165, 1.54) is 12.4 Å². The van der Waals surface area contributed by atoms with Gasteiger partial charge in [-0.1, -0.05) is 0 Å². The largest absolute Gasteiger partial charge is 0.619 e. The van der Waals surface area contributed by atoms with Crippen molar-refractivity contribution in [2.45, 2.75) is 13.3 Å². The maximum Gasteiger partial charge on any atom is 0.183 e. The molecule has 1 aromatic heterocycles. The molecule has 0 atom stereocenters. The number of aryl methyl sites for hydroxylation is 1. The maximum absolute atomic E-state index is 11.0. The highest BCUT2D eigenvalue weighted by molar-refractivity contribution is 5.84. The maximum atomic E-state index is 11.0. The second-order valence-electron chi connectivity index (χ2n) is 3.02. The second-order valence-corrected chi connectivity index (χ2v) is 3.02. The zero-order valence-corrected chi connectivity index (χ0v) is 7.45. The minimum Gasteiger partial charge on any atom is -0.619 e. The third-order valence-corrected chi connectivity index (χ3v) is 1.65. The predicted octanol–water partition coefficient (Wildman–Crippen LogP) is 0.183. The summed E-state index contributed by atoms with van der Waals surface area (Å²) in [6, 6.07) is 1.83. The fourth-order valence-corrected chi connectivity index (χ4v) is 1.17. The summed E-state index contributed by atoms with van der Waals surface area (Å²) < 4.78 is 0.718. The number of rotatable bonds is 3. The summed E-state index contributed by atoms with van der Waals surface area (Å²) in [5.74, 6) is 0. The van der Waals surface area contributed by atoms with Gasteiger partial charge in [-0.2, -0.15) is 4.73 Å². The normalized spacial score (nSPS) is 10.0. The molecule has 0 aliphatic rings. The molecule has 0 amide bonds. The van der Waals surface area contributed by atoms with Gasteiger partial charge in [0.15, 0.2) is 12.4 Å². The van der Waals surface area contributed by atoms with Crippen LogP contribution < -0.4 is 4.73 Å². The first kappa shape index (κ1) is 9.67. The summed E-state index contributed by atoms with van der Waals surface area (Å²) >= 11 is 0. The lowest BCUT2D eigenvalue weighted by molar-refractivity contribution is -0.606. The molecule has 0 fully saturated rings. The first-order valence-corrected chi connectivity index (χ1v) is 3.98. The van der Waals surface area contributed by atoms with E-state index in [0.29, 0.717) is 6.42 Å². The highest BCUT2D eigenvalue weighted by atomic mass is 16.5. The van der Waals surface area contributed by atoms with Crippen molar-refractivity contribution in [1.82, 2.24) is 0 Å². The Morgan fingerprint density at radius 3 is 2.85 bits per heavy atom. The number of nitrogens with one attached hydrogen (secondary N) is 1. The van der Waals surface area contributed by atoms with Gasteiger partial charge in [0.25, 0.3) is 0 Å². The minimum absolute atomic E-state index is 0.214. The van der Waals surface area contributed by atoms with Crippen molar-refractivity contribution in [3.05, 3.63) is 34.8 Å². The molecule has 0 aromatic carbocycles. The molecule has 2 N–H and O–H groups in total. The van der Waals surface area contributed by atoms with Gasteiger partial charge in [0, 0.05) is 23.3 Å². The molecule has 4 nitrogen and oxygen atoms in total. The zero-order valence-electron chi connectivity index (χ0n) is 7.45. The van der Waals surface area contributed by atoms with E-state index in [1.54, 1.807) is 0 Å². The summed E-state index contributed by atoms with van der Waals surface area (Å²) in [6.45, 7) is 1.56. The van der Waals surface area contributed by atoms with Crippen LogP contribution in [0, 0.1) is 17.5 Å². The van der Waals surface area contributed by atoms with Crippen molar-refractivity contribution >= 4 is 5.71 Å². The lowest BCUT2D eigenvalue weighted by Gasteiger charge is -2.02. The van der Waals surface area contributed by atoms with Gasteiger partial charge in [-0.25, -0.2) is 0 Å². The Labute approximate surface area is 76.5 Å². The molecule has 70 valence electrons. The zero-order chi connectivity index (χ0) is 9.84. The smallest absolute Gasteiger partial charge is 0.183 e. The molecule has 0 saturated carbocycles. The van der Waals surface area contributed by atoms with Crippen molar-refractivity contribution in [3.63, 3.8) is 0 Å². The van der Waals surface area contributed by atoms with E-state index >= 15 is 0 Å². The minimum atomic E-state index is -0.257. The molecule has 0 aliphatic heterocycles. The number of aromatic nitrogens is 1. The molecule has 0 spiro atoms. The van der Waals surface area contributed by atoms with Gasteiger partial charge >= 0.3 is 0 Å². The Morgan fingerprint density at radius 2 is 2.31 bits per heavy atom. The summed E-state index contributed by atoms with van der Waals surface area (Å²) in [5, 5.41) is 26.8. The molecule has 0 bridgehead atoms. The van der Waals surface area contributed by atoms with Crippen molar-refractivity contribution in [1.29, 1.82) is 5.41 Å². The van der Waals surface area contributed by atoms with Crippen molar-refractivity contribution in [2.75, 3.05) is 6.61 Å². The van der Waals surface area contributed by atoms with E-state index in [0.717, 1.165) is 15.9 Å². The molecule has 0 aliphatic carbocycles. The molecular formula is C9H12N2O2. The third-order valence-electron chi connectivity index (χ3n) is 1.65. The van der Waals surface area contributed by atoms with E-state index in [2.05, 4.69) is 0 Å². The molecule has 4 heteroatoms. The van der Waals surface area contributed by atoms with Gasteiger partial charge in [-0.05, 0) is 13.0 Å². The first-order chi connectivity index (χ1) is 6.11. The Bertz CT molecular complexity index is 303. The van der Waals surface area contributed by atoms with Crippen LogP contribution in [-0.2, 0) is 6.42 Å². The van der Waals surface area contributed by atoms with E-state index in [4.69, 9.17) is 10.5 Å². The van der Waals surface area contributed by atoms with Crippen LogP contribution in [-0.4, -0.2) is 17.4 Å². The van der Waals surface area contributed by atoms with Crippen LogP contribution in [0.5, 0.6) is 0 Å². The average molecular weight is 180 g/mol. The lowest BCUT2D eigenvalue weighted by Crippen LogP contribution is -2.26. The summed E-state index contributed by atoms with van der Waals surface area (Å²) in [5.41, 5.74) is 1.83. The number of pyridine rings is 1. The van der Waals surface area contributed by atoms with E-state index in [1.807, 2.05) is 13.0 Å². The number of aliphatic hydroxyl groups is 1. The number of aliphatic hydroxyl groups excluding tert-OH is 1. The van der Waals surface area contributed by atoms with Gasteiger partial charge in [0.1, 0.15) is 0 Å². The Balaban J connectivity index is 2.83. The fraction of sp³-hybridized carbons (Fsp3) is 0.333. The highest BCUT2D eigenvalue weighted by Crippen LogP contribution is 2.01. The molecule has 1 aromatic rings. The SMILES string of the molecule is Cc1cc(CC(=N)CO)c[n+]([O-])c1. The molecular weight excluding hydrogens is 168 g/mol. The van der Waals surface area contributed by atoms with Crippen molar-refractivity contribution in [3.8, 4) is 0 Å². The van der Waals surface area contributed by atoms with Gasteiger partial charge < -0.3 is 15.7 Å². The first-order valence-electron chi connectivity index (χ1n) is 3.98. The standard InChI is InChI=1S/C9H12N2O2/c1-7-2-8(3-9(10)6-12)5-11(13)4-7/h2,4-5,10,12H,3,6H2,1H3. The van der Waals surface area contributed by atoms with Crippen LogP contribution in [0.25, 0.3) is 0 Å². The van der Waals surface area contributed by atoms with Gasteiger partial charge in [0.2, 0.25) is 0 Å². The Morgan fingerprint density at radius 1 is 1.62 bits per heavy atom. The topological polar surface area (TPSA) is 71.0 Å². The van der Waals surface area contributed by atoms with Crippen LogP contribution >= 0.6 is 0 Å².